The molecule has 0 unspecified atom stereocenters. The number of pyridine rings is 1. The van der Waals surface area contributed by atoms with E-state index in [1.165, 1.54) is 25.3 Å². The van der Waals surface area contributed by atoms with Gasteiger partial charge in [-0.1, -0.05) is 12.5 Å². The Labute approximate surface area is 194 Å². The minimum Gasteiger partial charge on any atom is -0.453 e. The zero-order valence-corrected chi connectivity index (χ0v) is 19.8. The third kappa shape index (κ3) is 6.80. The van der Waals surface area contributed by atoms with E-state index < -0.39 is 5.82 Å². The Hall–Kier alpha value is -1.94. The SMILES string of the molecule is CN=C(NCc1ccc(Oc2cccnc2)c(F)c1)NCC1(CCOC)CCC1.I. The summed E-state index contributed by atoms with van der Waals surface area (Å²) in [6, 6.07) is 8.41. The van der Waals surface area contributed by atoms with Gasteiger partial charge < -0.3 is 20.1 Å². The second-order valence-electron chi connectivity index (χ2n) is 7.43. The van der Waals surface area contributed by atoms with E-state index in [1.807, 2.05) is 6.07 Å². The molecule has 3 rings (SSSR count). The molecule has 1 aromatic heterocycles. The van der Waals surface area contributed by atoms with Crippen LogP contribution in [0.4, 0.5) is 4.39 Å². The van der Waals surface area contributed by atoms with Crippen molar-refractivity contribution in [2.24, 2.45) is 10.4 Å². The molecular weight excluding hydrogens is 498 g/mol. The number of hydrogen-bond donors (Lipinski definition) is 2. The maximum absolute atomic E-state index is 14.4. The summed E-state index contributed by atoms with van der Waals surface area (Å²) in [5, 5.41) is 6.66. The van der Waals surface area contributed by atoms with Gasteiger partial charge >= 0.3 is 0 Å². The van der Waals surface area contributed by atoms with Gasteiger partial charge in [-0.2, -0.15) is 0 Å². The fourth-order valence-electron chi connectivity index (χ4n) is 3.46. The molecule has 1 aromatic carbocycles. The summed E-state index contributed by atoms with van der Waals surface area (Å²) < 4.78 is 25.2. The third-order valence-electron chi connectivity index (χ3n) is 5.42. The lowest BCUT2D eigenvalue weighted by Gasteiger charge is -2.42. The highest BCUT2D eigenvalue weighted by molar-refractivity contribution is 14.0. The molecule has 2 N–H and O–H groups in total. The van der Waals surface area contributed by atoms with Gasteiger partial charge in [0.25, 0.3) is 0 Å². The molecule has 1 aliphatic rings. The number of nitrogens with zero attached hydrogens (tertiary/aromatic N) is 2. The molecule has 1 heterocycles. The predicted octanol–water partition coefficient (Wildman–Crippen LogP) is 4.50. The summed E-state index contributed by atoms with van der Waals surface area (Å²) in [5.41, 5.74) is 1.10. The van der Waals surface area contributed by atoms with Crippen molar-refractivity contribution in [3.8, 4) is 11.5 Å². The molecule has 0 radical (unpaired) electrons. The number of ether oxygens (including phenoxy) is 2. The van der Waals surface area contributed by atoms with Gasteiger partial charge in [0, 0.05) is 40.1 Å². The van der Waals surface area contributed by atoms with Crippen molar-refractivity contribution in [1.82, 2.24) is 15.6 Å². The first-order chi connectivity index (χ1) is 14.1. The number of hydrogen-bond acceptors (Lipinski definition) is 4. The van der Waals surface area contributed by atoms with E-state index in [-0.39, 0.29) is 29.7 Å². The predicted molar refractivity (Wildman–Crippen MR) is 127 cm³/mol. The first kappa shape index (κ1) is 24.3. The molecule has 0 spiro atoms. The zero-order valence-electron chi connectivity index (χ0n) is 17.5. The van der Waals surface area contributed by atoms with Crippen molar-refractivity contribution in [1.29, 1.82) is 0 Å². The maximum atomic E-state index is 14.4. The van der Waals surface area contributed by atoms with Gasteiger partial charge in [0.1, 0.15) is 5.75 Å². The van der Waals surface area contributed by atoms with Gasteiger partial charge in [-0.15, -0.1) is 24.0 Å². The van der Waals surface area contributed by atoms with Crippen LogP contribution in [0, 0.1) is 11.2 Å². The highest BCUT2D eigenvalue weighted by Gasteiger charge is 2.36. The number of guanidine groups is 1. The average Bonchev–Trinajstić information content (AvgIpc) is 2.71. The number of rotatable bonds is 9. The quantitative estimate of drug-likeness (QED) is 0.285. The molecule has 30 heavy (non-hydrogen) atoms. The van der Waals surface area contributed by atoms with Crippen LogP contribution in [0.1, 0.15) is 31.2 Å². The molecule has 6 nitrogen and oxygen atoms in total. The van der Waals surface area contributed by atoms with Crippen LogP contribution >= 0.6 is 24.0 Å². The second kappa shape index (κ2) is 12.0. The number of nitrogens with one attached hydrogen (secondary N) is 2. The number of methoxy groups -OCH3 is 1. The standard InChI is InChI=1S/C22H29FN4O2.HI/c1-24-21(27-16-22(8-4-9-22)10-12-28-2)26-14-17-6-7-20(19(23)13-17)29-18-5-3-11-25-15-18;/h3,5-7,11,13,15H,4,8-10,12,14,16H2,1-2H3,(H2,24,26,27);1H. The van der Waals surface area contributed by atoms with Crippen LogP contribution < -0.4 is 15.4 Å². The Kier molecular flexibility index (Phi) is 9.77. The highest BCUT2D eigenvalue weighted by atomic mass is 127. The molecule has 1 saturated carbocycles. The van der Waals surface area contributed by atoms with Crippen molar-refractivity contribution in [3.63, 3.8) is 0 Å². The fourth-order valence-corrected chi connectivity index (χ4v) is 3.46. The monoisotopic (exact) mass is 528 g/mol. The van der Waals surface area contributed by atoms with E-state index in [4.69, 9.17) is 9.47 Å². The Balaban J connectivity index is 0.00000320. The fraction of sp³-hybridized carbons (Fsp3) is 0.455. The van der Waals surface area contributed by atoms with Crippen LogP contribution in [0.3, 0.4) is 0 Å². The first-order valence-corrected chi connectivity index (χ1v) is 9.94. The lowest BCUT2D eigenvalue weighted by Crippen LogP contribution is -2.46. The van der Waals surface area contributed by atoms with E-state index in [0.717, 1.165) is 25.1 Å². The lowest BCUT2D eigenvalue weighted by atomic mass is 9.67. The number of benzene rings is 1. The molecule has 0 bridgehead atoms. The van der Waals surface area contributed by atoms with Crippen molar-refractivity contribution in [3.05, 3.63) is 54.1 Å². The van der Waals surface area contributed by atoms with Gasteiger partial charge in [-0.3, -0.25) is 9.98 Å². The second-order valence-corrected chi connectivity index (χ2v) is 7.43. The van der Waals surface area contributed by atoms with Crippen LogP contribution in [0.5, 0.6) is 11.5 Å². The van der Waals surface area contributed by atoms with Crippen LogP contribution in [-0.2, 0) is 11.3 Å². The Morgan fingerprint density at radius 1 is 1.27 bits per heavy atom. The number of halogens is 2. The smallest absolute Gasteiger partial charge is 0.191 e. The van der Waals surface area contributed by atoms with Crippen molar-refractivity contribution in [2.45, 2.75) is 32.2 Å². The van der Waals surface area contributed by atoms with E-state index in [2.05, 4.69) is 20.6 Å². The molecule has 164 valence electrons. The molecule has 0 aliphatic heterocycles. The Morgan fingerprint density at radius 3 is 2.70 bits per heavy atom. The van der Waals surface area contributed by atoms with Crippen LogP contribution in [0.15, 0.2) is 47.7 Å². The summed E-state index contributed by atoms with van der Waals surface area (Å²) in [7, 11) is 3.48. The number of aliphatic imine (C=N–C) groups is 1. The zero-order chi connectivity index (χ0) is 20.5. The van der Waals surface area contributed by atoms with Gasteiger partial charge in [-0.25, -0.2) is 4.39 Å². The molecule has 1 aliphatic carbocycles. The van der Waals surface area contributed by atoms with Gasteiger partial charge in [0.15, 0.2) is 17.5 Å². The van der Waals surface area contributed by atoms with Crippen molar-refractivity contribution < 1.29 is 13.9 Å². The van der Waals surface area contributed by atoms with E-state index in [9.17, 15) is 4.39 Å². The molecule has 1 fully saturated rings. The maximum Gasteiger partial charge on any atom is 0.191 e. The summed E-state index contributed by atoms with van der Waals surface area (Å²) in [6.07, 6.45) is 7.94. The largest absolute Gasteiger partial charge is 0.453 e. The summed E-state index contributed by atoms with van der Waals surface area (Å²) in [4.78, 5) is 8.24. The van der Waals surface area contributed by atoms with Gasteiger partial charge in [0.05, 0.1) is 6.20 Å². The van der Waals surface area contributed by atoms with E-state index in [1.54, 1.807) is 44.8 Å². The highest BCUT2D eigenvalue weighted by Crippen LogP contribution is 2.43. The Morgan fingerprint density at radius 2 is 2.10 bits per heavy atom. The molecule has 2 aromatic rings. The number of aromatic nitrogens is 1. The van der Waals surface area contributed by atoms with Gasteiger partial charge in [-0.05, 0) is 54.5 Å². The van der Waals surface area contributed by atoms with Crippen molar-refractivity contribution in [2.75, 3.05) is 27.3 Å². The topological polar surface area (TPSA) is 67.8 Å². The minimum absolute atomic E-state index is 0. The van der Waals surface area contributed by atoms with Crippen LogP contribution in [0.2, 0.25) is 0 Å². The first-order valence-electron chi connectivity index (χ1n) is 9.94. The van der Waals surface area contributed by atoms with E-state index >= 15 is 0 Å². The van der Waals surface area contributed by atoms with Crippen LogP contribution in [-0.4, -0.2) is 38.3 Å². The normalized spacial score (nSPS) is 15.0. The molecule has 8 heteroatoms. The van der Waals surface area contributed by atoms with Crippen molar-refractivity contribution >= 4 is 29.9 Å². The summed E-state index contributed by atoms with van der Waals surface area (Å²) in [6.45, 7) is 2.11. The summed E-state index contributed by atoms with van der Waals surface area (Å²) >= 11 is 0. The molecule has 0 amide bonds. The average molecular weight is 528 g/mol. The lowest BCUT2D eigenvalue weighted by molar-refractivity contribution is 0.0732. The van der Waals surface area contributed by atoms with E-state index in [0.29, 0.717) is 23.7 Å². The summed E-state index contributed by atoms with van der Waals surface area (Å²) in [5.74, 6) is 0.975. The van der Waals surface area contributed by atoms with Gasteiger partial charge in [0.2, 0.25) is 0 Å². The third-order valence-corrected chi connectivity index (χ3v) is 5.42. The minimum atomic E-state index is -0.413. The molecular formula is C22H30FIN4O2. The Bertz CT molecular complexity index is 816. The molecule has 0 saturated heterocycles. The molecule has 0 atom stereocenters. The van der Waals surface area contributed by atoms with Crippen LogP contribution in [0.25, 0.3) is 0 Å².